The monoisotopic (exact) mass is 487 g/mol. The maximum absolute atomic E-state index is 12.4. The molecule has 12 heteroatoms. The Balaban J connectivity index is 1.47. The minimum Gasteiger partial charge on any atom is -0.480 e. The number of carbonyl (C=O) groups excluding carboxylic acids is 2. The van der Waals surface area contributed by atoms with Gasteiger partial charge in [0.2, 0.25) is 17.6 Å². The molecule has 0 fully saturated rings. The van der Waals surface area contributed by atoms with Crippen LogP contribution in [-0.4, -0.2) is 76.2 Å². The molecule has 0 saturated heterocycles. The van der Waals surface area contributed by atoms with Crippen LogP contribution in [0.25, 0.3) is 11.4 Å². The largest absolute Gasteiger partial charge is 0.480 e. The van der Waals surface area contributed by atoms with Gasteiger partial charge in [0.1, 0.15) is 12.1 Å². The lowest BCUT2D eigenvalue weighted by molar-refractivity contribution is -0.142. The van der Waals surface area contributed by atoms with Crippen molar-refractivity contribution in [1.29, 1.82) is 0 Å². The third-order valence-electron chi connectivity index (χ3n) is 5.41. The number of ether oxygens (including phenoxy) is 1. The van der Waals surface area contributed by atoms with E-state index in [4.69, 9.17) is 14.1 Å². The van der Waals surface area contributed by atoms with Gasteiger partial charge in [-0.2, -0.15) is 4.98 Å². The fourth-order valence-electron chi connectivity index (χ4n) is 3.35. The van der Waals surface area contributed by atoms with Crippen LogP contribution in [0.5, 0.6) is 0 Å². The van der Waals surface area contributed by atoms with E-state index >= 15 is 0 Å². The molecule has 1 aliphatic rings. The van der Waals surface area contributed by atoms with E-state index in [0.717, 1.165) is 22.4 Å². The van der Waals surface area contributed by atoms with Crippen LogP contribution < -0.4 is 5.32 Å². The average molecular weight is 488 g/mol. The Morgan fingerprint density at radius 1 is 1.26 bits per heavy atom. The van der Waals surface area contributed by atoms with Crippen LogP contribution in [0.15, 0.2) is 33.9 Å². The zero-order chi connectivity index (χ0) is 25.4. The van der Waals surface area contributed by atoms with Gasteiger partial charge in [-0.05, 0) is 12.0 Å². The van der Waals surface area contributed by atoms with E-state index in [0.29, 0.717) is 30.3 Å². The fraction of sp³-hybridized carbons (Fsp3) is 0.478. The van der Waals surface area contributed by atoms with Crippen molar-refractivity contribution < 1.29 is 33.6 Å². The number of nitrogens with zero attached hydrogens (tertiary/aromatic N) is 4. The van der Waals surface area contributed by atoms with E-state index < -0.39 is 30.1 Å². The standard InChI is InChI=1S/C23H29N5O7/c1-4-5-10-33-23(32)28(3)19(22(30)31)13-24-20(29)12-17-11-18(26-35-17)15-6-8-16(9-7-15)21-25-14(2)34-27-21/h6-9,17,19H,4-5,10-13H2,1-3H3,(H,24,29)(H,30,31)/t17?,19-/m1/s1. The van der Waals surface area contributed by atoms with Crippen LogP contribution in [0.2, 0.25) is 0 Å². The lowest BCUT2D eigenvalue weighted by Gasteiger charge is -2.24. The Morgan fingerprint density at radius 3 is 2.60 bits per heavy atom. The molecule has 0 bridgehead atoms. The molecule has 2 heterocycles. The van der Waals surface area contributed by atoms with E-state index in [9.17, 15) is 19.5 Å². The van der Waals surface area contributed by atoms with Crippen LogP contribution in [0.3, 0.4) is 0 Å². The number of unbranched alkanes of at least 4 members (excludes halogenated alkanes) is 1. The van der Waals surface area contributed by atoms with Crippen molar-refractivity contribution in [3.63, 3.8) is 0 Å². The smallest absolute Gasteiger partial charge is 0.410 e. The lowest BCUT2D eigenvalue weighted by Crippen LogP contribution is -2.49. The van der Waals surface area contributed by atoms with Crippen molar-refractivity contribution in [1.82, 2.24) is 20.4 Å². The van der Waals surface area contributed by atoms with E-state index in [1.807, 2.05) is 31.2 Å². The first-order valence-corrected chi connectivity index (χ1v) is 11.3. The molecule has 35 heavy (non-hydrogen) atoms. The molecular weight excluding hydrogens is 458 g/mol. The molecule has 1 aromatic heterocycles. The number of oxime groups is 1. The van der Waals surface area contributed by atoms with Crippen LogP contribution in [0, 0.1) is 6.92 Å². The van der Waals surface area contributed by atoms with Crippen molar-refractivity contribution in [3.8, 4) is 11.4 Å². The van der Waals surface area contributed by atoms with E-state index in [-0.39, 0.29) is 19.6 Å². The topological polar surface area (TPSA) is 156 Å². The van der Waals surface area contributed by atoms with E-state index in [2.05, 4.69) is 20.6 Å². The summed E-state index contributed by atoms with van der Waals surface area (Å²) in [5.74, 6) is -0.685. The normalized spacial score (nSPS) is 15.6. The van der Waals surface area contributed by atoms with Gasteiger partial charge < -0.3 is 24.5 Å². The number of aliphatic carboxylic acids is 1. The number of carbonyl (C=O) groups is 3. The highest BCUT2D eigenvalue weighted by Gasteiger charge is 2.29. The quantitative estimate of drug-likeness (QED) is 0.454. The number of aromatic nitrogens is 2. The van der Waals surface area contributed by atoms with Gasteiger partial charge in [0.15, 0.2) is 0 Å². The highest BCUT2D eigenvalue weighted by Crippen LogP contribution is 2.22. The number of benzene rings is 1. The predicted octanol–water partition coefficient (Wildman–Crippen LogP) is 2.37. The first-order valence-electron chi connectivity index (χ1n) is 11.3. The summed E-state index contributed by atoms with van der Waals surface area (Å²) in [7, 11) is 1.32. The summed E-state index contributed by atoms with van der Waals surface area (Å²) in [6, 6.07) is 6.15. The molecule has 1 aromatic carbocycles. The maximum atomic E-state index is 12.4. The highest BCUT2D eigenvalue weighted by molar-refractivity contribution is 6.01. The number of carboxylic acids is 1. The first-order chi connectivity index (χ1) is 16.8. The fourth-order valence-corrected chi connectivity index (χ4v) is 3.35. The summed E-state index contributed by atoms with van der Waals surface area (Å²) >= 11 is 0. The zero-order valence-electron chi connectivity index (χ0n) is 19.9. The van der Waals surface area contributed by atoms with Crippen LogP contribution in [0.1, 0.15) is 44.1 Å². The molecule has 2 aromatic rings. The minimum atomic E-state index is -1.26. The van der Waals surface area contributed by atoms with Gasteiger partial charge in [-0.3, -0.25) is 9.69 Å². The Labute approximate surface area is 202 Å². The molecule has 1 unspecified atom stereocenters. The summed E-state index contributed by atoms with van der Waals surface area (Å²) < 4.78 is 10.0. The molecule has 3 rings (SSSR count). The number of carboxylic acid groups (broad SMARTS) is 1. The number of rotatable bonds is 11. The molecule has 2 N–H and O–H groups in total. The SMILES string of the molecule is CCCCOC(=O)N(C)[C@H](CNC(=O)CC1CC(c2ccc(-c3noc(C)n3)cc2)=NO1)C(=O)O. The van der Waals surface area contributed by atoms with Crippen molar-refractivity contribution in [2.75, 3.05) is 20.2 Å². The number of hydrogen-bond donors (Lipinski definition) is 2. The molecule has 0 spiro atoms. The first kappa shape index (κ1) is 25.7. The summed E-state index contributed by atoms with van der Waals surface area (Å²) in [5.41, 5.74) is 2.33. The van der Waals surface area contributed by atoms with Crippen LogP contribution in [-0.2, 0) is 19.2 Å². The van der Waals surface area contributed by atoms with Crippen molar-refractivity contribution in [2.24, 2.45) is 5.16 Å². The highest BCUT2D eigenvalue weighted by atomic mass is 16.6. The average Bonchev–Trinajstić information content (AvgIpc) is 3.48. The Bertz CT molecular complexity index is 1070. The van der Waals surface area contributed by atoms with Gasteiger partial charge in [-0.25, -0.2) is 9.59 Å². The lowest BCUT2D eigenvalue weighted by atomic mass is 10.0. The van der Waals surface area contributed by atoms with Gasteiger partial charge in [-0.1, -0.05) is 47.9 Å². The molecule has 0 aliphatic carbocycles. The number of likely N-dealkylation sites (N-methyl/N-ethyl adjacent to an activating group) is 1. The van der Waals surface area contributed by atoms with Crippen LogP contribution in [0.4, 0.5) is 4.79 Å². The molecule has 1 aliphatic heterocycles. The van der Waals surface area contributed by atoms with Crippen molar-refractivity contribution >= 4 is 23.7 Å². The third kappa shape index (κ3) is 7.01. The van der Waals surface area contributed by atoms with Gasteiger partial charge in [0.25, 0.3) is 0 Å². The minimum absolute atomic E-state index is 0.00970. The Morgan fingerprint density at radius 2 is 1.97 bits per heavy atom. The molecule has 0 radical (unpaired) electrons. The van der Waals surface area contributed by atoms with Crippen molar-refractivity contribution in [2.45, 2.75) is 51.7 Å². The second-order valence-corrected chi connectivity index (χ2v) is 8.12. The number of amides is 2. The van der Waals surface area contributed by atoms with Gasteiger partial charge >= 0.3 is 12.1 Å². The molecule has 2 atom stereocenters. The summed E-state index contributed by atoms with van der Waals surface area (Å²) in [4.78, 5) is 46.6. The van der Waals surface area contributed by atoms with Gasteiger partial charge in [0, 0.05) is 32.5 Å². The van der Waals surface area contributed by atoms with Crippen molar-refractivity contribution in [3.05, 3.63) is 35.7 Å². The summed E-state index contributed by atoms with van der Waals surface area (Å²) in [6.45, 7) is 3.61. The predicted molar refractivity (Wildman–Crippen MR) is 124 cm³/mol. The third-order valence-corrected chi connectivity index (χ3v) is 5.41. The van der Waals surface area contributed by atoms with Crippen LogP contribution >= 0.6 is 0 Å². The Hall–Kier alpha value is -3.96. The maximum Gasteiger partial charge on any atom is 0.410 e. The zero-order valence-corrected chi connectivity index (χ0v) is 19.9. The van der Waals surface area contributed by atoms with E-state index in [1.165, 1.54) is 7.05 Å². The Kier molecular flexibility index (Phi) is 8.76. The summed E-state index contributed by atoms with van der Waals surface area (Å²) in [6.07, 6.45) is 0.698. The van der Waals surface area contributed by atoms with Gasteiger partial charge in [-0.15, -0.1) is 0 Å². The molecule has 2 amide bonds. The molecule has 12 nitrogen and oxygen atoms in total. The summed E-state index contributed by atoms with van der Waals surface area (Å²) in [5, 5.41) is 20.0. The second kappa shape index (κ2) is 12.0. The number of nitrogens with one attached hydrogen (secondary N) is 1. The van der Waals surface area contributed by atoms with E-state index in [1.54, 1.807) is 6.92 Å². The number of aryl methyl sites for hydroxylation is 1. The second-order valence-electron chi connectivity index (χ2n) is 8.12. The van der Waals surface area contributed by atoms with Gasteiger partial charge in [0.05, 0.1) is 18.7 Å². The molecule has 0 saturated carbocycles. The molecular formula is C23H29N5O7. The number of hydrogen-bond acceptors (Lipinski definition) is 9. The molecule has 188 valence electrons.